The molecule has 4 bridgehead atoms. The van der Waals surface area contributed by atoms with Crippen molar-refractivity contribution in [2.75, 3.05) is 25.1 Å². The van der Waals surface area contributed by atoms with Crippen molar-refractivity contribution in [2.24, 2.45) is 23.2 Å². The molecular weight excluding hydrogens is 376 g/mol. The maximum absolute atomic E-state index is 13.4. The average Bonchev–Trinajstić information content (AvgIpc) is 3.25. The molecule has 6 nitrogen and oxygen atoms in total. The van der Waals surface area contributed by atoms with Gasteiger partial charge in [0, 0.05) is 18.0 Å². The summed E-state index contributed by atoms with van der Waals surface area (Å²) in [5, 5.41) is 15.8. The van der Waals surface area contributed by atoms with Crippen molar-refractivity contribution in [1.82, 2.24) is 5.32 Å². The summed E-state index contributed by atoms with van der Waals surface area (Å²) in [4.78, 5) is 27.4. The number of anilines is 1. The van der Waals surface area contributed by atoms with Crippen LogP contribution in [0.25, 0.3) is 0 Å². The van der Waals surface area contributed by atoms with E-state index < -0.39 is 0 Å². The van der Waals surface area contributed by atoms with Crippen LogP contribution in [-0.2, 0) is 22.6 Å². The Labute approximate surface area is 169 Å². The number of carbonyl (C=O) groups is 2. The molecule has 0 saturated heterocycles. The van der Waals surface area contributed by atoms with E-state index in [1.54, 1.807) is 0 Å². The van der Waals surface area contributed by atoms with Crippen LogP contribution in [0.3, 0.4) is 0 Å². The summed E-state index contributed by atoms with van der Waals surface area (Å²) in [6.45, 7) is 1.58. The van der Waals surface area contributed by atoms with E-state index in [0.717, 1.165) is 35.1 Å². The van der Waals surface area contributed by atoms with Crippen LogP contribution >= 0.6 is 11.3 Å². The number of rotatable bonds is 6. The van der Waals surface area contributed by atoms with Gasteiger partial charge in [-0.15, -0.1) is 11.3 Å². The average molecular weight is 405 g/mol. The Balaban J connectivity index is 1.41. The van der Waals surface area contributed by atoms with Crippen LogP contribution in [0.5, 0.6) is 0 Å². The Kier molecular flexibility index (Phi) is 4.72. The van der Waals surface area contributed by atoms with Crippen LogP contribution < -0.4 is 10.6 Å². The van der Waals surface area contributed by atoms with Crippen molar-refractivity contribution >= 4 is 28.2 Å². The first-order valence-corrected chi connectivity index (χ1v) is 11.3. The molecule has 0 aromatic carbocycles. The standard InChI is InChI=1S/C21H28N2O4S/c24-4-1-3-22-18(25)17-15-2-5-27-11-16(15)28-19(17)23-20(26)21-9-12-6-13(10-21)8-14(21)7-12/h12-14,24H,1-11H2,(H,22,25)(H,23,26). The van der Waals surface area contributed by atoms with Crippen LogP contribution in [0, 0.1) is 23.2 Å². The molecule has 152 valence electrons. The first kappa shape index (κ1) is 18.6. The highest BCUT2D eigenvalue weighted by molar-refractivity contribution is 7.17. The molecule has 1 aliphatic heterocycles. The van der Waals surface area contributed by atoms with Crippen molar-refractivity contribution in [2.45, 2.75) is 51.6 Å². The highest BCUT2D eigenvalue weighted by atomic mass is 32.1. The third kappa shape index (κ3) is 2.90. The van der Waals surface area contributed by atoms with Gasteiger partial charge in [-0.1, -0.05) is 0 Å². The van der Waals surface area contributed by atoms with Crippen molar-refractivity contribution in [3.63, 3.8) is 0 Å². The summed E-state index contributed by atoms with van der Waals surface area (Å²) in [6, 6.07) is 0. The smallest absolute Gasteiger partial charge is 0.254 e. The lowest BCUT2D eigenvalue weighted by Crippen LogP contribution is -2.37. The zero-order valence-corrected chi connectivity index (χ0v) is 16.9. The van der Waals surface area contributed by atoms with Gasteiger partial charge in [0.15, 0.2) is 0 Å². The number of ether oxygens (including phenoxy) is 1. The first-order chi connectivity index (χ1) is 13.6. The maximum Gasteiger partial charge on any atom is 0.254 e. The van der Waals surface area contributed by atoms with E-state index in [1.165, 1.54) is 30.6 Å². The summed E-state index contributed by atoms with van der Waals surface area (Å²) < 4.78 is 5.57. The number of aliphatic hydroxyl groups excluding tert-OH is 1. The minimum Gasteiger partial charge on any atom is -0.396 e. The lowest BCUT2D eigenvalue weighted by molar-refractivity contribution is -0.127. The summed E-state index contributed by atoms with van der Waals surface area (Å²) in [6.07, 6.45) is 6.96. The molecule has 2 amide bonds. The van der Waals surface area contributed by atoms with Crippen LogP contribution in [0.4, 0.5) is 5.00 Å². The highest BCUT2D eigenvalue weighted by Crippen LogP contribution is 2.65. The number of aliphatic hydroxyl groups is 1. The molecule has 2 atom stereocenters. The third-order valence-electron chi connectivity index (χ3n) is 7.34. The van der Waals surface area contributed by atoms with Crippen molar-refractivity contribution in [3.8, 4) is 0 Å². The Morgan fingerprint density at radius 2 is 2.00 bits per heavy atom. The van der Waals surface area contributed by atoms with Gasteiger partial charge in [-0.2, -0.15) is 0 Å². The molecule has 4 aliphatic carbocycles. The Hall–Kier alpha value is -1.44. The lowest BCUT2D eigenvalue weighted by atomic mass is 9.75. The number of nitrogens with one attached hydrogen (secondary N) is 2. The molecule has 6 rings (SSSR count). The number of carbonyl (C=O) groups excluding carboxylic acids is 2. The van der Waals surface area contributed by atoms with Gasteiger partial charge in [0.1, 0.15) is 5.00 Å². The highest BCUT2D eigenvalue weighted by Gasteiger charge is 2.61. The predicted octanol–water partition coefficient (Wildman–Crippen LogP) is 2.70. The minimum atomic E-state index is -0.209. The fraction of sp³-hybridized carbons (Fsp3) is 0.714. The molecule has 2 heterocycles. The minimum absolute atomic E-state index is 0.0473. The summed E-state index contributed by atoms with van der Waals surface area (Å²) >= 11 is 1.49. The molecule has 1 aromatic rings. The maximum atomic E-state index is 13.4. The largest absolute Gasteiger partial charge is 0.396 e. The number of fused-ring (bicyclic) bond motifs is 1. The second-order valence-electron chi connectivity index (χ2n) is 9.00. The monoisotopic (exact) mass is 404 g/mol. The Morgan fingerprint density at radius 1 is 1.21 bits per heavy atom. The molecule has 0 spiro atoms. The van der Waals surface area contributed by atoms with Gasteiger partial charge >= 0.3 is 0 Å². The Morgan fingerprint density at radius 3 is 2.75 bits per heavy atom. The molecule has 4 fully saturated rings. The molecule has 3 N–H and O–H groups in total. The van der Waals surface area contributed by atoms with E-state index in [1.807, 2.05) is 0 Å². The molecule has 5 aliphatic rings. The summed E-state index contributed by atoms with van der Waals surface area (Å²) in [5.74, 6) is 1.93. The third-order valence-corrected chi connectivity index (χ3v) is 8.46. The van der Waals surface area contributed by atoms with E-state index in [2.05, 4.69) is 10.6 Å². The molecule has 2 unspecified atom stereocenters. The van der Waals surface area contributed by atoms with Gasteiger partial charge < -0.3 is 20.5 Å². The van der Waals surface area contributed by atoms with Crippen molar-refractivity contribution in [1.29, 1.82) is 0 Å². The van der Waals surface area contributed by atoms with Gasteiger partial charge in [-0.3, -0.25) is 9.59 Å². The zero-order valence-electron chi connectivity index (χ0n) is 16.1. The topological polar surface area (TPSA) is 87.7 Å². The second kappa shape index (κ2) is 7.11. The molecule has 4 saturated carbocycles. The molecule has 28 heavy (non-hydrogen) atoms. The first-order valence-electron chi connectivity index (χ1n) is 10.5. The van der Waals surface area contributed by atoms with Gasteiger partial charge in [-0.25, -0.2) is 0 Å². The van der Waals surface area contributed by atoms with Gasteiger partial charge in [0.05, 0.1) is 24.2 Å². The fourth-order valence-corrected chi connectivity index (χ4v) is 7.50. The number of thiophene rings is 1. The fourth-order valence-electron chi connectivity index (χ4n) is 6.32. The van der Waals surface area contributed by atoms with Crippen LogP contribution in [-0.4, -0.2) is 36.7 Å². The van der Waals surface area contributed by atoms with E-state index >= 15 is 0 Å². The quantitative estimate of drug-likeness (QED) is 0.636. The molecule has 1 aromatic heterocycles. The predicted molar refractivity (Wildman–Crippen MR) is 106 cm³/mol. The molecular formula is C21H28N2O4S. The van der Waals surface area contributed by atoms with E-state index in [0.29, 0.717) is 49.1 Å². The summed E-state index contributed by atoms with van der Waals surface area (Å²) in [7, 11) is 0. The van der Waals surface area contributed by atoms with Crippen molar-refractivity contribution < 1.29 is 19.4 Å². The number of hydrogen-bond donors (Lipinski definition) is 3. The zero-order chi connectivity index (χ0) is 19.3. The SMILES string of the molecule is O=C(NCCCO)c1c(NC(=O)C23CC4CC(CC2C4)C3)sc2c1CCOC2. The van der Waals surface area contributed by atoms with Crippen LogP contribution in [0.2, 0.25) is 0 Å². The Bertz CT molecular complexity index is 791. The van der Waals surface area contributed by atoms with Gasteiger partial charge in [-0.05, 0) is 68.3 Å². The van der Waals surface area contributed by atoms with E-state index in [4.69, 9.17) is 9.84 Å². The van der Waals surface area contributed by atoms with Crippen molar-refractivity contribution in [3.05, 3.63) is 16.0 Å². The van der Waals surface area contributed by atoms with Crippen LogP contribution in [0.15, 0.2) is 0 Å². The number of amides is 2. The normalized spacial score (nSPS) is 32.4. The van der Waals surface area contributed by atoms with Gasteiger partial charge in [0.2, 0.25) is 5.91 Å². The molecule has 0 radical (unpaired) electrons. The van der Waals surface area contributed by atoms with Crippen LogP contribution in [0.1, 0.15) is 59.3 Å². The molecule has 7 heteroatoms. The number of hydrogen-bond acceptors (Lipinski definition) is 5. The van der Waals surface area contributed by atoms with E-state index in [9.17, 15) is 9.59 Å². The van der Waals surface area contributed by atoms with E-state index in [-0.39, 0.29) is 23.8 Å². The van der Waals surface area contributed by atoms with Gasteiger partial charge in [0.25, 0.3) is 5.91 Å². The summed E-state index contributed by atoms with van der Waals surface area (Å²) in [5.41, 5.74) is 1.42. The second-order valence-corrected chi connectivity index (χ2v) is 10.1. The lowest BCUT2D eigenvalue weighted by Gasteiger charge is -2.31.